The van der Waals surface area contributed by atoms with Crippen molar-refractivity contribution in [2.45, 2.75) is 26.9 Å². The number of fused-ring (bicyclic) bond motifs is 1. The van der Waals surface area contributed by atoms with E-state index in [-0.39, 0.29) is 24.6 Å². The molecule has 28 heavy (non-hydrogen) atoms. The van der Waals surface area contributed by atoms with E-state index in [2.05, 4.69) is 10.3 Å². The molecule has 8 heteroatoms. The van der Waals surface area contributed by atoms with Crippen molar-refractivity contribution in [1.29, 1.82) is 0 Å². The van der Waals surface area contributed by atoms with Gasteiger partial charge in [0.05, 0.1) is 18.3 Å². The van der Waals surface area contributed by atoms with Crippen LogP contribution in [0.2, 0.25) is 0 Å². The highest BCUT2D eigenvalue weighted by Gasteiger charge is 2.15. The fourth-order valence-electron chi connectivity index (χ4n) is 2.85. The van der Waals surface area contributed by atoms with Crippen LogP contribution < -0.4 is 10.9 Å². The number of nitrogens with zero attached hydrogens (tertiary/aromatic N) is 3. The van der Waals surface area contributed by atoms with Crippen LogP contribution in [0.25, 0.3) is 10.2 Å². The highest BCUT2D eigenvalue weighted by molar-refractivity contribution is 7.18. The number of aryl methyl sites for hydroxylation is 2. The van der Waals surface area contributed by atoms with E-state index in [4.69, 9.17) is 0 Å². The van der Waals surface area contributed by atoms with Gasteiger partial charge < -0.3 is 10.2 Å². The predicted octanol–water partition coefficient (Wildman–Crippen LogP) is 1.85. The van der Waals surface area contributed by atoms with E-state index in [9.17, 15) is 14.4 Å². The van der Waals surface area contributed by atoms with Gasteiger partial charge in [0.2, 0.25) is 11.8 Å². The maximum absolute atomic E-state index is 12.6. The SMILES string of the molecule is Cc1sc2ncn(CC(=O)NCC(=O)N(C)Cc3ccccc3)c(=O)c2c1C. The predicted molar refractivity (Wildman–Crippen MR) is 109 cm³/mol. The van der Waals surface area contributed by atoms with Gasteiger partial charge in [-0.2, -0.15) is 0 Å². The Morgan fingerprint density at radius 3 is 2.64 bits per heavy atom. The summed E-state index contributed by atoms with van der Waals surface area (Å²) in [4.78, 5) is 44.6. The van der Waals surface area contributed by atoms with Crippen LogP contribution >= 0.6 is 11.3 Å². The molecule has 0 spiro atoms. The lowest BCUT2D eigenvalue weighted by atomic mass is 10.2. The fraction of sp³-hybridized carbons (Fsp3) is 0.300. The molecular formula is C20H22N4O3S. The molecule has 3 aromatic rings. The maximum atomic E-state index is 12.6. The molecule has 0 saturated heterocycles. The Kier molecular flexibility index (Phi) is 5.89. The monoisotopic (exact) mass is 398 g/mol. The Labute approximate surface area is 166 Å². The van der Waals surface area contributed by atoms with Crippen molar-refractivity contribution in [3.8, 4) is 0 Å². The lowest BCUT2D eigenvalue weighted by Gasteiger charge is -2.17. The van der Waals surface area contributed by atoms with Crippen LogP contribution in [0.15, 0.2) is 41.5 Å². The average Bonchev–Trinajstić information content (AvgIpc) is 2.97. The lowest BCUT2D eigenvalue weighted by Crippen LogP contribution is -2.40. The second-order valence-electron chi connectivity index (χ2n) is 6.65. The first-order chi connectivity index (χ1) is 13.4. The molecule has 1 aromatic carbocycles. The van der Waals surface area contributed by atoms with Crippen LogP contribution in [0.1, 0.15) is 16.0 Å². The molecule has 0 atom stereocenters. The minimum Gasteiger partial charge on any atom is -0.345 e. The molecule has 2 aromatic heterocycles. The van der Waals surface area contributed by atoms with Crippen molar-refractivity contribution in [3.05, 3.63) is 63.0 Å². The molecule has 2 heterocycles. The standard InChI is InChI=1S/C20H22N4O3S/c1-13-14(2)28-19-18(13)20(27)24(12-22-19)11-16(25)21-9-17(26)23(3)10-15-7-5-4-6-8-15/h4-8,12H,9-11H2,1-3H3,(H,21,25). The molecule has 3 rings (SSSR count). The summed E-state index contributed by atoms with van der Waals surface area (Å²) in [6.45, 7) is 3.99. The first-order valence-corrected chi connectivity index (χ1v) is 9.68. The van der Waals surface area contributed by atoms with Gasteiger partial charge in [-0.1, -0.05) is 30.3 Å². The molecule has 2 amide bonds. The van der Waals surface area contributed by atoms with E-state index in [0.717, 1.165) is 16.0 Å². The molecule has 0 radical (unpaired) electrons. The number of rotatable bonds is 6. The molecule has 0 aliphatic carbocycles. The lowest BCUT2D eigenvalue weighted by molar-refractivity contribution is -0.132. The van der Waals surface area contributed by atoms with Gasteiger partial charge in [-0.05, 0) is 25.0 Å². The van der Waals surface area contributed by atoms with E-state index in [1.165, 1.54) is 22.2 Å². The molecule has 0 bridgehead atoms. The minimum atomic E-state index is -0.408. The zero-order valence-corrected chi connectivity index (χ0v) is 16.9. The Bertz CT molecular complexity index is 1070. The van der Waals surface area contributed by atoms with E-state index in [0.29, 0.717) is 16.8 Å². The maximum Gasteiger partial charge on any atom is 0.262 e. The van der Waals surface area contributed by atoms with Crippen LogP contribution in [0, 0.1) is 13.8 Å². The van der Waals surface area contributed by atoms with Crippen LogP contribution in [0.3, 0.4) is 0 Å². The highest BCUT2D eigenvalue weighted by atomic mass is 32.1. The number of aromatic nitrogens is 2. The van der Waals surface area contributed by atoms with Crippen LogP contribution in [0.5, 0.6) is 0 Å². The first-order valence-electron chi connectivity index (χ1n) is 8.86. The minimum absolute atomic E-state index is 0.122. The number of nitrogens with one attached hydrogen (secondary N) is 1. The summed E-state index contributed by atoms with van der Waals surface area (Å²) in [7, 11) is 1.69. The molecular weight excluding hydrogens is 376 g/mol. The van der Waals surface area contributed by atoms with Gasteiger partial charge in [-0.25, -0.2) is 4.98 Å². The van der Waals surface area contributed by atoms with E-state index in [1.807, 2.05) is 44.2 Å². The van der Waals surface area contributed by atoms with Crippen LogP contribution in [-0.4, -0.2) is 39.9 Å². The van der Waals surface area contributed by atoms with Gasteiger partial charge in [0.1, 0.15) is 11.4 Å². The van der Waals surface area contributed by atoms with Crippen LogP contribution in [0.4, 0.5) is 0 Å². The largest absolute Gasteiger partial charge is 0.345 e. The zero-order valence-electron chi connectivity index (χ0n) is 16.1. The van der Waals surface area contributed by atoms with Crippen molar-refractivity contribution >= 4 is 33.4 Å². The number of carbonyl (C=O) groups is 2. The number of amides is 2. The Morgan fingerprint density at radius 2 is 1.93 bits per heavy atom. The summed E-state index contributed by atoms with van der Waals surface area (Å²) >= 11 is 1.46. The number of benzene rings is 1. The highest BCUT2D eigenvalue weighted by Crippen LogP contribution is 2.25. The Hall–Kier alpha value is -3.00. The van der Waals surface area contributed by atoms with E-state index >= 15 is 0 Å². The third kappa shape index (κ3) is 4.28. The van der Waals surface area contributed by atoms with Crippen molar-refractivity contribution in [2.24, 2.45) is 0 Å². The molecule has 1 N–H and O–H groups in total. The van der Waals surface area contributed by atoms with E-state index in [1.54, 1.807) is 11.9 Å². The summed E-state index contributed by atoms with van der Waals surface area (Å²) < 4.78 is 1.27. The third-order valence-corrected chi connectivity index (χ3v) is 5.71. The number of thiophene rings is 1. The Morgan fingerprint density at radius 1 is 1.21 bits per heavy atom. The van der Waals surface area contributed by atoms with Gasteiger partial charge in [0.25, 0.3) is 5.56 Å². The normalized spacial score (nSPS) is 10.8. The van der Waals surface area contributed by atoms with Crippen molar-refractivity contribution in [2.75, 3.05) is 13.6 Å². The number of carbonyl (C=O) groups excluding carboxylic acids is 2. The van der Waals surface area contributed by atoms with Gasteiger partial charge in [-0.15, -0.1) is 11.3 Å². The second kappa shape index (κ2) is 8.35. The summed E-state index contributed by atoms with van der Waals surface area (Å²) in [5.41, 5.74) is 1.66. The number of hydrogen-bond acceptors (Lipinski definition) is 5. The van der Waals surface area contributed by atoms with Gasteiger partial charge >= 0.3 is 0 Å². The van der Waals surface area contributed by atoms with E-state index < -0.39 is 5.91 Å². The second-order valence-corrected chi connectivity index (χ2v) is 7.86. The topological polar surface area (TPSA) is 84.3 Å². The third-order valence-electron chi connectivity index (χ3n) is 4.59. The average molecular weight is 398 g/mol. The van der Waals surface area contributed by atoms with Gasteiger partial charge in [0, 0.05) is 18.5 Å². The molecule has 0 saturated carbocycles. The van der Waals surface area contributed by atoms with Crippen molar-refractivity contribution in [3.63, 3.8) is 0 Å². The number of hydrogen-bond donors (Lipinski definition) is 1. The molecule has 0 aliphatic heterocycles. The fourth-order valence-corrected chi connectivity index (χ4v) is 3.84. The summed E-state index contributed by atoms with van der Waals surface area (Å²) in [6, 6.07) is 9.61. The summed E-state index contributed by atoms with van der Waals surface area (Å²) in [5.74, 6) is -0.614. The summed E-state index contributed by atoms with van der Waals surface area (Å²) in [6.07, 6.45) is 1.38. The zero-order chi connectivity index (χ0) is 20.3. The summed E-state index contributed by atoms with van der Waals surface area (Å²) in [5, 5.41) is 3.13. The van der Waals surface area contributed by atoms with Gasteiger partial charge in [0.15, 0.2) is 0 Å². The molecule has 146 valence electrons. The Balaban J connectivity index is 1.59. The quantitative estimate of drug-likeness (QED) is 0.687. The van der Waals surface area contributed by atoms with Crippen LogP contribution in [-0.2, 0) is 22.7 Å². The number of likely N-dealkylation sites (N-methyl/N-ethyl adjacent to an activating group) is 1. The van der Waals surface area contributed by atoms with Crippen molar-refractivity contribution < 1.29 is 9.59 Å². The molecule has 0 unspecified atom stereocenters. The smallest absolute Gasteiger partial charge is 0.262 e. The first kappa shape index (κ1) is 19.8. The van der Waals surface area contributed by atoms with Crippen molar-refractivity contribution in [1.82, 2.24) is 19.8 Å². The van der Waals surface area contributed by atoms with Gasteiger partial charge in [-0.3, -0.25) is 19.0 Å². The molecule has 0 fully saturated rings. The molecule has 0 aliphatic rings. The molecule has 7 nitrogen and oxygen atoms in total.